The molecule has 0 heterocycles. The van der Waals surface area contributed by atoms with Gasteiger partial charge in [0.1, 0.15) is 0 Å². The van der Waals surface area contributed by atoms with Crippen molar-refractivity contribution < 1.29 is 8.42 Å². The zero-order valence-electron chi connectivity index (χ0n) is 10.1. The Hall–Kier alpha value is -0.750. The molecule has 17 heavy (non-hydrogen) atoms. The van der Waals surface area contributed by atoms with Gasteiger partial charge in [-0.3, -0.25) is 4.72 Å². The second-order valence-corrected chi connectivity index (χ2v) is 7.73. The van der Waals surface area contributed by atoms with Gasteiger partial charge < -0.3 is 5.73 Å². The second kappa shape index (κ2) is 4.86. The van der Waals surface area contributed by atoms with E-state index in [-0.39, 0.29) is 11.2 Å². The molecule has 1 aromatic rings. The van der Waals surface area contributed by atoms with Gasteiger partial charge >= 0.3 is 0 Å². The van der Waals surface area contributed by atoms with Gasteiger partial charge in [0, 0.05) is 15.8 Å². The van der Waals surface area contributed by atoms with Crippen molar-refractivity contribution in [3.63, 3.8) is 0 Å². The van der Waals surface area contributed by atoms with Crippen LogP contribution in [-0.2, 0) is 10.0 Å². The Balaban J connectivity index is 2.87. The van der Waals surface area contributed by atoms with Gasteiger partial charge in [-0.2, -0.15) is 0 Å². The highest BCUT2D eigenvalue weighted by atomic mass is 79.9. The summed E-state index contributed by atoms with van der Waals surface area (Å²) in [5.41, 5.74) is 6.43. The van der Waals surface area contributed by atoms with Gasteiger partial charge in [-0.1, -0.05) is 20.8 Å². The van der Waals surface area contributed by atoms with Crippen LogP contribution in [0.3, 0.4) is 0 Å². The van der Waals surface area contributed by atoms with Crippen LogP contribution in [0.5, 0.6) is 0 Å². The third kappa shape index (κ3) is 4.95. The lowest BCUT2D eigenvalue weighted by molar-refractivity contribution is 0.463. The molecule has 0 unspecified atom stereocenters. The van der Waals surface area contributed by atoms with Crippen LogP contribution in [-0.4, -0.2) is 14.2 Å². The van der Waals surface area contributed by atoms with Gasteiger partial charge in [0.15, 0.2) is 0 Å². The van der Waals surface area contributed by atoms with Crippen LogP contribution in [0.1, 0.15) is 20.8 Å². The van der Waals surface area contributed by atoms with Crippen LogP contribution >= 0.6 is 15.9 Å². The molecule has 0 amide bonds. The number of nitrogen functional groups attached to an aromatic ring is 1. The van der Waals surface area contributed by atoms with E-state index in [9.17, 15) is 8.42 Å². The van der Waals surface area contributed by atoms with Crippen molar-refractivity contribution in [1.29, 1.82) is 0 Å². The largest absolute Gasteiger partial charge is 0.398 e. The Morgan fingerprint density at radius 1 is 1.35 bits per heavy atom. The molecule has 0 spiro atoms. The maximum absolute atomic E-state index is 11.9. The summed E-state index contributed by atoms with van der Waals surface area (Å²) < 4.78 is 26.9. The van der Waals surface area contributed by atoms with Crippen LogP contribution in [0, 0.1) is 5.41 Å². The molecule has 0 aliphatic rings. The summed E-state index contributed by atoms with van der Waals surface area (Å²) in [6.45, 7) is 5.64. The minimum Gasteiger partial charge on any atom is -0.398 e. The van der Waals surface area contributed by atoms with Crippen molar-refractivity contribution in [3.05, 3.63) is 22.7 Å². The predicted octanol–water partition coefficient (Wildman–Crippen LogP) is 2.82. The maximum Gasteiger partial charge on any atom is 0.233 e. The number of hydrogen-bond acceptors (Lipinski definition) is 3. The van der Waals surface area contributed by atoms with Gasteiger partial charge in [0.2, 0.25) is 10.0 Å². The summed E-state index contributed by atoms with van der Waals surface area (Å²) in [5, 5.41) is 0. The summed E-state index contributed by atoms with van der Waals surface area (Å²) in [4.78, 5) is 0. The van der Waals surface area contributed by atoms with Crippen molar-refractivity contribution in [3.8, 4) is 0 Å². The van der Waals surface area contributed by atoms with E-state index in [4.69, 9.17) is 5.73 Å². The van der Waals surface area contributed by atoms with E-state index in [1.807, 2.05) is 20.8 Å². The van der Waals surface area contributed by atoms with E-state index < -0.39 is 10.0 Å². The van der Waals surface area contributed by atoms with Crippen molar-refractivity contribution in [2.45, 2.75) is 20.8 Å². The smallest absolute Gasteiger partial charge is 0.233 e. The topological polar surface area (TPSA) is 72.2 Å². The lowest BCUT2D eigenvalue weighted by Gasteiger charge is -2.18. The van der Waals surface area contributed by atoms with E-state index in [1.54, 1.807) is 18.2 Å². The highest BCUT2D eigenvalue weighted by molar-refractivity contribution is 9.10. The molecule has 0 aliphatic carbocycles. The fraction of sp³-hybridized carbons (Fsp3) is 0.455. The molecule has 6 heteroatoms. The van der Waals surface area contributed by atoms with E-state index in [0.717, 1.165) is 0 Å². The summed E-state index contributed by atoms with van der Waals surface area (Å²) >= 11 is 3.26. The number of sulfonamides is 1. The van der Waals surface area contributed by atoms with Gasteiger partial charge in [-0.15, -0.1) is 0 Å². The molecule has 0 saturated carbocycles. The first-order chi connectivity index (χ1) is 7.59. The molecular formula is C11H17BrN2O2S. The van der Waals surface area contributed by atoms with Crippen LogP contribution in [0.25, 0.3) is 0 Å². The van der Waals surface area contributed by atoms with Crippen LogP contribution in [0.4, 0.5) is 11.4 Å². The van der Waals surface area contributed by atoms with Crippen LogP contribution in [0.15, 0.2) is 22.7 Å². The summed E-state index contributed by atoms with van der Waals surface area (Å²) in [7, 11) is -3.33. The molecule has 1 aromatic carbocycles. The molecule has 0 radical (unpaired) electrons. The van der Waals surface area contributed by atoms with Crippen molar-refractivity contribution >= 4 is 37.3 Å². The van der Waals surface area contributed by atoms with E-state index in [0.29, 0.717) is 15.8 Å². The minimum absolute atomic E-state index is 0.0714. The Bertz CT molecular complexity index is 507. The molecule has 0 bridgehead atoms. The molecule has 0 saturated heterocycles. The standard InChI is InChI=1S/C11H17BrN2O2S/c1-11(2,3)7-17(15,16)14-8-4-5-10(13)9(12)6-8/h4-6,14H,7,13H2,1-3H3. The van der Waals surface area contributed by atoms with Gasteiger partial charge in [-0.05, 0) is 39.5 Å². The third-order valence-corrected chi connectivity index (χ3v) is 4.38. The molecule has 4 nitrogen and oxygen atoms in total. The first kappa shape index (κ1) is 14.3. The summed E-state index contributed by atoms with van der Waals surface area (Å²) in [6, 6.07) is 4.94. The first-order valence-corrected chi connectivity index (χ1v) is 7.59. The highest BCUT2D eigenvalue weighted by Gasteiger charge is 2.21. The number of hydrogen-bond donors (Lipinski definition) is 2. The molecule has 0 aliphatic heterocycles. The van der Waals surface area contributed by atoms with Crippen molar-refractivity contribution in [2.75, 3.05) is 16.2 Å². The summed E-state index contributed by atoms with van der Waals surface area (Å²) in [6.07, 6.45) is 0. The maximum atomic E-state index is 11.9. The highest BCUT2D eigenvalue weighted by Crippen LogP contribution is 2.25. The van der Waals surface area contributed by atoms with E-state index in [2.05, 4.69) is 20.7 Å². The Labute approximate surface area is 111 Å². The van der Waals surface area contributed by atoms with Gasteiger partial charge in [0.05, 0.1) is 5.75 Å². The van der Waals surface area contributed by atoms with Gasteiger partial charge in [0.25, 0.3) is 0 Å². The average molecular weight is 321 g/mol. The molecule has 1 rings (SSSR count). The number of rotatable bonds is 3. The Morgan fingerprint density at radius 3 is 2.41 bits per heavy atom. The lowest BCUT2D eigenvalue weighted by atomic mass is 10.0. The molecule has 0 aromatic heterocycles. The van der Waals surface area contributed by atoms with E-state index >= 15 is 0 Å². The predicted molar refractivity (Wildman–Crippen MR) is 75.4 cm³/mol. The van der Waals surface area contributed by atoms with E-state index in [1.165, 1.54) is 0 Å². The number of nitrogens with two attached hydrogens (primary N) is 1. The van der Waals surface area contributed by atoms with Crippen LogP contribution in [0.2, 0.25) is 0 Å². The average Bonchev–Trinajstić information content (AvgIpc) is 2.06. The number of halogens is 1. The molecule has 96 valence electrons. The third-order valence-electron chi connectivity index (χ3n) is 1.90. The second-order valence-electron chi connectivity index (χ2n) is 5.16. The number of nitrogens with one attached hydrogen (secondary N) is 1. The number of anilines is 2. The minimum atomic E-state index is -3.33. The quantitative estimate of drug-likeness (QED) is 0.841. The van der Waals surface area contributed by atoms with Crippen LogP contribution < -0.4 is 10.5 Å². The normalized spacial score (nSPS) is 12.5. The molecular weight excluding hydrogens is 304 g/mol. The van der Waals surface area contributed by atoms with Crippen molar-refractivity contribution in [2.24, 2.45) is 5.41 Å². The zero-order chi connectivity index (χ0) is 13.3. The SMILES string of the molecule is CC(C)(C)CS(=O)(=O)Nc1ccc(N)c(Br)c1. The Kier molecular flexibility index (Phi) is 4.09. The van der Waals surface area contributed by atoms with Crippen molar-refractivity contribution in [1.82, 2.24) is 0 Å². The first-order valence-electron chi connectivity index (χ1n) is 5.15. The molecule has 3 N–H and O–H groups in total. The monoisotopic (exact) mass is 320 g/mol. The lowest BCUT2D eigenvalue weighted by Crippen LogP contribution is -2.26. The van der Waals surface area contributed by atoms with Gasteiger partial charge in [-0.25, -0.2) is 8.42 Å². The fourth-order valence-corrected chi connectivity index (χ4v) is 3.45. The molecule has 0 atom stereocenters. The zero-order valence-corrected chi connectivity index (χ0v) is 12.5. The number of benzene rings is 1. The fourth-order valence-electron chi connectivity index (χ4n) is 1.38. The summed E-state index contributed by atoms with van der Waals surface area (Å²) in [5.74, 6) is 0.0714. The Morgan fingerprint density at radius 2 is 1.94 bits per heavy atom. The molecule has 0 fully saturated rings.